The Morgan fingerprint density at radius 1 is 1.25 bits per heavy atom. The third kappa shape index (κ3) is 4.37. The zero-order chi connectivity index (χ0) is 19.9. The summed E-state index contributed by atoms with van der Waals surface area (Å²) in [6.07, 6.45) is 4.86. The SMILES string of the molecule is C=CCNC(=O)/C(C#N)=C/c1cn(-c2ccccc2)nc1-c1cccc(Cl)c1. The number of hydrogen-bond acceptors (Lipinski definition) is 3. The summed E-state index contributed by atoms with van der Waals surface area (Å²) < 4.78 is 1.71. The van der Waals surface area contributed by atoms with E-state index in [1.807, 2.05) is 48.5 Å². The standard InChI is InChI=1S/C22H17ClN4O/c1-2-11-25-22(28)17(14-24)12-18-15-27(20-9-4-3-5-10-20)26-21(18)16-7-6-8-19(23)13-16/h2-10,12-13,15H,1,11H2,(H,25,28)/b17-12+. The van der Waals surface area contributed by atoms with Crippen LogP contribution in [-0.2, 0) is 4.79 Å². The van der Waals surface area contributed by atoms with Gasteiger partial charge in [-0.3, -0.25) is 4.79 Å². The summed E-state index contributed by atoms with van der Waals surface area (Å²) in [7, 11) is 0. The Balaban J connectivity index is 2.11. The van der Waals surface area contributed by atoms with E-state index in [-0.39, 0.29) is 12.1 Å². The molecule has 0 aliphatic rings. The molecule has 2 aromatic carbocycles. The maximum Gasteiger partial charge on any atom is 0.262 e. The molecule has 0 saturated heterocycles. The number of aromatic nitrogens is 2. The summed E-state index contributed by atoms with van der Waals surface area (Å²) in [5.41, 5.74) is 2.89. The summed E-state index contributed by atoms with van der Waals surface area (Å²) in [5.74, 6) is -0.466. The lowest BCUT2D eigenvalue weighted by Crippen LogP contribution is -2.24. The van der Waals surface area contributed by atoms with Crippen molar-refractivity contribution in [3.63, 3.8) is 0 Å². The van der Waals surface area contributed by atoms with Gasteiger partial charge in [-0.15, -0.1) is 6.58 Å². The molecule has 1 amide bonds. The van der Waals surface area contributed by atoms with Crippen LogP contribution in [0.2, 0.25) is 5.02 Å². The van der Waals surface area contributed by atoms with Gasteiger partial charge in [-0.1, -0.05) is 48.0 Å². The molecule has 0 atom stereocenters. The molecule has 0 aliphatic carbocycles. The second kappa shape index (κ2) is 8.85. The Bertz CT molecular complexity index is 1080. The Hall–Kier alpha value is -3.62. The molecule has 1 aromatic heterocycles. The van der Waals surface area contributed by atoms with Crippen LogP contribution in [0.15, 0.2) is 79.0 Å². The molecule has 0 radical (unpaired) electrons. The third-order valence-electron chi connectivity index (χ3n) is 3.93. The minimum atomic E-state index is -0.466. The van der Waals surface area contributed by atoms with Crippen LogP contribution in [0.25, 0.3) is 23.0 Å². The molecule has 6 heteroatoms. The van der Waals surface area contributed by atoms with Crippen LogP contribution in [-0.4, -0.2) is 22.2 Å². The Labute approximate surface area is 168 Å². The molecular weight excluding hydrogens is 372 g/mol. The first-order chi connectivity index (χ1) is 13.6. The summed E-state index contributed by atoms with van der Waals surface area (Å²) in [4.78, 5) is 12.2. The fourth-order valence-corrected chi connectivity index (χ4v) is 2.82. The highest BCUT2D eigenvalue weighted by Gasteiger charge is 2.15. The third-order valence-corrected chi connectivity index (χ3v) is 4.17. The van der Waals surface area contributed by atoms with E-state index in [1.54, 1.807) is 29.1 Å². The number of nitrogens with zero attached hydrogens (tertiary/aromatic N) is 3. The van der Waals surface area contributed by atoms with E-state index in [0.29, 0.717) is 16.3 Å². The van der Waals surface area contributed by atoms with Gasteiger partial charge in [0, 0.05) is 28.9 Å². The first-order valence-corrected chi connectivity index (χ1v) is 8.92. The molecule has 0 saturated carbocycles. The molecule has 0 spiro atoms. The number of nitriles is 1. The number of amides is 1. The van der Waals surface area contributed by atoms with Crippen LogP contribution in [0, 0.1) is 11.3 Å². The number of benzene rings is 2. The van der Waals surface area contributed by atoms with Gasteiger partial charge >= 0.3 is 0 Å². The van der Waals surface area contributed by atoms with Gasteiger partial charge < -0.3 is 5.32 Å². The first-order valence-electron chi connectivity index (χ1n) is 8.54. The zero-order valence-corrected chi connectivity index (χ0v) is 15.7. The van der Waals surface area contributed by atoms with Crippen molar-refractivity contribution in [3.8, 4) is 23.0 Å². The van der Waals surface area contributed by atoms with Crippen LogP contribution in [0.3, 0.4) is 0 Å². The van der Waals surface area contributed by atoms with Crippen LogP contribution < -0.4 is 5.32 Å². The van der Waals surface area contributed by atoms with Gasteiger partial charge in [-0.05, 0) is 30.3 Å². The van der Waals surface area contributed by atoms with Crippen LogP contribution in [0.4, 0.5) is 0 Å². The lowest BCUT2D eigenvalue weighted by atomic mass is 10.1. The molecule has 0 fully saturated rings. The number of nitrogens with one attached hydrogen (secondary N) is 1. The van der Waals surface area contributed by atoms with Crippen molar-refractivity contribution in [1.29, 1.82) is 5.26 Å². The monoisotopic (exact) mass is 388 g/mol. The van der Waals surface area contributed by atoms with Gasteiger partial charge in [0.05, 0.1) is 5.69 Å². The molecular formula is C22H17ClN4O. The van der Waals surface area contributed by atoms with E-state index in [2.05, 4.69) is 17.0 Å². The van der Waals surface area contributed by atoms with Gasteiger partial charge in [-0.2, -0.15) is 10.4 Å². The first kappa shape index (κ1) is 19.2. The van der Waals surface area contributed by atoms with Gasteiger partial charge in [-0.25, -0.2) is 4.68 Å². The Morgan fingerprint density at radius 2 is 2.04 bits per heavy atom. The minimum absolute atomic E-state index is 0.0160. The van der Waals surface area contributed by atoms with Gasteiger partial charge in [0.1, 0.15) is 17.3 Å². The largest absolute Gasteiger partial charge is 0.348 e. The van der Waals surface area contributed by atoms with Crippen molar-refractivity contribution in [2.45, 2.75) is 0 Å². The zero-order valence-electron chi connectivity index (χ0n) is 15.0. The van der Waals surface area contributed by atoms with Crippen molar-refractivity contribution >= 4 is 23.6 Å². The molecule has 3 rings (SSSR count). The number of carbonyl (C=O) groups is 1. The van der Waals surface area contributed by atoms with Gasteiger partial charge in [0.15, 0.2) is 0 Å². The highest BCUT2D eigenvalue weighted by molar-refractivity contribution is 6.30. The topological polar surface area (TPSA) is 70.7 Å². The molecule has 3 aromatic rings. The number of halogens is 1. The average Bonchev–Trinajstić information content (AvgIpc) is 3.15. The van der Waals surface area contributed by atoms with E-state index < -0.39 is 5.91 Å². The van der Waals surface area contributed by atoms with E-state index in [9.17, 15) is 10.1 Å². The molecule has 1 N–H and O–H groups in total. The molecule has 0 bridgehead atoms. The van der Waals surface area contributed by atoms with Crippen molar-refractivity contribution < 1.29 is 4.79 Å². The van der Waals surface area contributed by atoms with Crippen LogP contribution in [0.5, 0.6) is 0 Å². The van der Waals surface area contributed by atoms with E-state index >= 15 is 0 Å². The molecule has 1 heterocycles. The second-order valence-corrected chi connectivity index (χ2v) is 6.33. The minimum Gasteiger partial charge on any atom is -0.348 e. The predicted octanol–water partition coefficient (Wildman–Crippen LogP) is 4.40. The summed E-state index contributed by atoms with van der Waals surface area (Å²) in [5, 5.41) is 17.3. The molecule has 28 heavy (non-hydrogen) atoms. The Kier molecular flexibility index (Phi) is 6.05. The maximum atomic E-state index is 12.2. The van der Waals surface area contributed by atoms with E-state index in [4.69, 9.17) is 11.6 Å². The van der Waals surface area contributed by atoms with Gasteiger partial charge in [0.2, 0.25) is 0 Å². The number of hydrogen-bond donors (Lipinski definition) is 1. The summed E-state index contributed by atoms with van der Waals surface area (Å²) in [6, 6.07) is 18.8. The number of rotatable bonds is 6. The Morgan fingerprint density at radius 3 is 2.71 bits per heavy atom. The van der Waals surface area contributed by atoms with Crippen molar-refractivity contribution in [1.82, 2.24) is 15.1 Å². The van der Waals surface area contributed by atoms with Crippen LogP contribution >= 0.6 is 11.6 Å². The lowest BCUT2D eigenvalue weighted by Gasteiger charge is -2.02. The fraction of sp³-hybridized carbons (Fsp3) is 0.0455. The van der Waals surface area contributed by atoms with E-state index in [0.717, 1.165) is 11.3 Å². The molecule has 0 unspecified atom stereocenters. The highest BCUT2D eigenvalue weighted by Crippen LogP contribution is 2.27. The van der Waals surface area contributed by atoms with E-state index in [1.165, 1.54) is 6.08 Å². The smallest absolute Gasteiger partial charge is 0.262 e. The second-order valence-electron chi connectivity index (χ2n) is 5.89. The van der Waals surface area contributed by atoms with Crippen LogP contribution in [0.1, 0.15) is 5.56 Å². The molecule has 5 nitrogen and oxygen atoms in total. The number of para-hydroxylation sites is 1. The number of carbonyl (C=O) groups excluding carboxylic acids is 1. The molecule has 138 valence electrons. The normalized spacial score (nSPS) is 10.9. The van der Waals surface area contributed by atoms with Crippen molar-refractivity contribution in [2.24, 2.45) is 0 Å². The predicted molar refractivity (Wildman–Crippen MR) is 111 cm³/mol. The summed E-state index contributed by atoms with van der Waals surface area (Å²) in [6.45, 7) is 3.84. The average molecular weight is 389 g/mol. The maximum absolute atomic E-state index is 12.2. The van der Waals surface area contributed by atoms with Crippen molar-refractivity contribution in [3.05, 3.63) is 89.6 Å². The van der Waals surface area contributed by atoms with Gasteiger partial charge in [0.25, 0.3) is 5.91 Å². The van der Waals surface area contributed by atoms with Crippen molar-refractivity contribution in [2.75, 3.05) is 6.54 Å². The highest BCUT2D eigenvalue weighted by atomic mass is 35.5. The quantitative estimate of drug-likeness (QED) is 0.386. The summed E-state index contributed by atoms with van der Waals surface area (Å²) >= 11 is 6.14. The lowest BCUT2D eigenvalue weighted by molar-refractivity contribution is -0.116. The molecule has 0 aliphatic heterocycles. The fourth-order valence-electron chi connectivity index (χ4n) is 2.63.